The zero-order valence-corrected chi connectivity index (χ0v) is 7.00. The summed E-state index contributed by atoms with van der Waals surface area (Å²) in [5, 5.41) is 12.8. The Bertz CT molecular complexity index is 167. The van der Waals surface area contributed by atoms with Crippen molar-refractivity contribution in [2.24, 2.45) is 0 Å². The normalized spacial score (nSPS) is 11.0. The van der Waals surface area contributed by atoms with Gasteiger partial charge >= 0.3 is 0 Å². The minimum Gasteiger partial charge on any atom is -0.370 e. The smallest absolute Gasteiger partial charge is 0.274 e. The first-order chi connectivity index (χ1) is 5.11. The Labute approximate surface area is 65.8 Å². The molecule has 5 heteroatoms. The highest BCUT2D eigenvalue weighted by Crippen LogP contribution is 1.94. The summed E-state index contributed by atoms with van der Waals surface area (Å²) >= 11 is 0. The molecular formula is C6H13N3O2. The molecule has 0 aromatic heterocycles. The fraction of sp³-hybridized carbons (Fsp3) is 0.667. The van der Waals surface area contributed by atoms with E-state index in [4.69, 9.17) is 0 Å². The molecule has 0 aliphatic heterocycles. The molecule has 0 aromatic rings. The van der Waals surface area contributed by atoms with Crippen molar-refractivity contribution in [2.75, 3.05) is 20.6 Å². The lowest BCUT2D eigenvalue weighted by atomic mass is 10.5. The monoisotopic (exact) mass is 159 g/mol. The van der Waals surface area contributed by atoms with Crippen molar-refractivity contribution in [3.63, 3.8) is 0 Å². The highest BCUT2D eigenvalue weighted by Gasteiger charge is 2.03. The van der Waals surface area contributed by atoms with E-state index in [0.717, 1.165) is 12.7 Å². The van der Waals surface area contributed by atoms with Crippen molar-refractivity contribution in [1.29, 1.82) is 0 Å². The largest absolute Gasteiger partial charge is 0.370 e. The van der Waals surface area contributed by atoms with Crippen molar-refractivity contribution in [3.8, 4) is 0 Å². The van der Waals surface area contributed by atoms with Gasteiger partial charge < -0.3 is 10.2 Å². The molecule has 0 fully saturated rings. The Kier molecular flexibility index (Phi) is 4.02. The van der Waals surface area contributed by atoms with Crippen molar-refractivity contribution < 1.29 is 4.92 Å². The molecule has 0 aliphatic carbocycles. The Balaban J connectivity index is 4.26. The molecule has 0 aliphatic rings. The van der Waals surface area contributed by atoms with Crippen LogP contribution in [0.25, 0.3) is 0 Å². The Hall–Kier alpha value is -1.26. The number of rotatable bonds is 4. The van der Waals surface area contributed by atoms with E-state index >= 15 is 0 Å². The average Bonchev–Trinajstić information content (AvgIpc) is 1.98. The van der Waals surface area contributed by atoms with Crippen LogP contribution in [0.2, 0.25) is 0 Å². The molecule has 0 unspecified atom stereocenters. The zero-order chi connectivity index (χ0) is 8.85. The summed E-state index contributed by atoms with van der Waals surface area (Å²) in [5.74, 6) is 0.512. The van der Waals surface area contributed by atoms with Gasteiger partial charge in [-0.3, -0.25) is 10.1 Å². The maximum Gasteiger partial charge on any atom is 0.274 e. The van der Waals surface area contributed by atoms with Crippen molar-refractivity contribution in [3.05, 3.63) is 22.1 Å². The van der Waals surface area contributed by atoms with E-state index in [1.165, 1.54) is 0 Å². The fourth-order valence-corrected chi connectivity index (χ4v) is 0.624. The Morgan fingerprint density at radius 3 is 2.64 bits per heavy atom. The lowest BCUT2D eigenvalue weighted by Gasteiger charge is -2.17. The van der Waals surface area contributed by atoms with Gasteiger partial charge in [-0.05, 0) is 6.92 Å². The molecule has 64 valence electrons. The van der Waals surface area contributed by atoms with E-state index in [-0.39, 0.29) is 0 Å². The van der Waals surface area contributed by atoms with Gasteiger partial charge in [0.15, 0.2) is 5.82 Å². The SMILES string of the molecule is CCN(C)/C(=C/[N+](=O)[O-])NC. The van der Waals surface area contributed by atoms with E-state index in [1.54, 1.807) is 19.0 Å². The van der Waals surface area contributed by atoms with Crippen LogP contribution in [0, 0.1) is 10.1 Å². The fourth-order valence-electron chi connectivity index (χ4n) is 0.624. The molecule has 0 atom stereocenters. The van der Waals surface area contributed by atoms with E-state index in [2.05, 4.69) is 5.32 Å². The molecule has 1 N–H and O–H groups in total. The van der Waals surface area contributed by atoms with Gasteiger partial charge in [0, 0.05) is 20.6 Å². The highest BCUT2D eigenvalue weighted by atomic mass is 16.6. The van der Waals surface area contributed by atoms with Crippen LogP contribution in [0.3, 0.4) is 0 Å². The van der Waals surface area contributed by atoms with Crippen LogP contribution in [0.1, 0.15) is 6.92 Å². The Morgan fingerprint density at radius 1 is 1.82 bits per heavy atom. The Morgan fingerprint density at radius 2 is 2.36 bits per heavy atom. The van der Waals surface area contributed by atoms with Crippen LogP contribution in [-0.4, -0.2) is 30.5 Å². The third kappa shape index (κ3) is 3.44. The van der Waals surface area contributed by atoms with E-state index in [9.17, 15) is 10.1 Å². The van der Waals surface area contributed by atoms with Crippen molar-refractivity contribution in [1.82, 2.24) is 10.2 Å². The van der Waals surface area contributed by atoms with E-state index < -0.39 is 4.92 Å². The molecular weight excluding hydrogens is 146 g/mol. The minimum absolute atomic E-state index is 0.474. The molecule has 0 aromatic carbocycles. The average molecular weight is 159 g/mol. The standard InChI is InChI=1S/C6H13N3O2/c1-4-8(3)6(7-2)5-9(10)11/h5,7H,4H2,1-3H3/b6-5+. The number of hydrogen-bond acceptors (Lipinski definition) is 4. The van der Waals surface area contributed by atoms with Crippen LogP contribution in [-0.2, 0) is 0 Å². The first-order valence-corrected chi connectivity index (χ1v) is 3.36. The lowest BCUT2D eigenvalue weighted by Crippen LogP contribution is -2.26. The zero-order valence-electron chi connectivity index (χ0n) is 7.00. The molecule has 0 rings (SSSR count). The van der Waals surface area contributed by atoms with E-state index in [1.807, 2.05) is 6.92 Å². The number of nitrogens with one attached hydrogen (secondary N) is 1. The minimum atomic E-state index is -0.474. The summed E-state index contributed by atoms with van der Waals surface area (Å²) in [5.41, 5.74) is 0. The molecule has 0 saturated carbocycles. The number of nitro groups is 1. The number of nitrogens with zero attached hydrogens (tertiary/aromatic N) is 2. The lowest BCUT2D eigenvalue weighted by molar-refractivity contribution is -0.404. The summed E-state index contributed by atoms with van der Waals surface area (Å²) in [6.45, 7) is 2.66. The molecule has 0 amide bonds. The third-order valence-corrected chi connectivity index (χ3v) is 1.37. The van der Waals surface area contributed by atoms with Gasteiger partial charge in [-0.25, -0.2) is 0 Å². The van der Waals surface area contributed by atoms with Crippen LogP contribution in [0.5, 0.6) is 0 Å². The predicted octanol–water partition coefficient (Wildman–Crippen LogP) is 0.233. The second-order valence-corrected chi connectivity index (χ2v) is 2.06. The first kappa shape index (κ1) is 9.74. The summed E-state index contributed by atoms with van der Waals surface area (Å²) in [7, 11) is 3.44. The first-order valence-electron chi connectivity index (χ1n) is 3.36. The maximum absolute atomic E-state index is 10.1. The van der Waals surface area contributed by atoms with Crippen LogP contribution in [0.15, 0.2) is 12.0 Å². The maximum atomic E-state index is 10.1. The molecule has 0 spiro atoms. The van der Waals surface area contributed by atoms with Crippen LogP contribution < -0.4 is 5.32 Å². The van der Waals surface area contributed by atoms with Gasteiger partial charge in [0.05, 0.1) is 4.92 Å². The molecule has 0 bridgehead atoms. The summed E-state index contributed by atoms with van der Waals surface area (Å²) < 4.78 is 0. The van der Waals surface area contributed by atoms with Crippen molar-refractivity contribution >= 4 is 0 Å². The van der Waals surface area contributed by atoms with Crippen LogP contribution in [0.4, 0.5) is 0 Å². The second-order valence-electron chi connectivity index (χ2n) is 2.06. The van der Waals surface area contributed by atoms with Gasteiger partial charge in [-0.15, -0.1) is 0 Å². The summed E-state index contributed by atoms with van der Waals surface area (Å²) in [6, 6.07) is 0. The quantitative estimate of drug-likeness (QED) is 0.471. The van der Waals surface area contributed by atoms with Crippen molar-refractivity contribution in [2.45, 2.75) is 6.92 Å². The summed E-state index contributed by atoms with van der Waals surface area (Å²) in [4.78, 5) is 11.3. The number of hydrogen-bond donors (Lipinski definition) is 1. The molecule has 0 saturated heterocycles. The van der Waals surface area contributed by atoms with Gasteiger partial charge in [0.1, 0.15) is 0 Å². The third-order valence-electron chi connectivity index (χ3n) is 1.37. The molecule has 5 nitrogen and oxygen atoms in total. The predicted molar refractivity (Wildman–Crippen MR) is 42.4 cm³/mol. The van der Waals surface area contributed by atoms with Gasteiger partial charge in [0.25, 0.3) is 6.20 Å². The topological polar surface area (TPSA) is 58.4 Å². The highest BCUT2D eigenvalue weighted by molar-refractivity contribution is 4.90. The molecule has 0 heterocycles. The second kappa shape index (κ2) is 4.54. The molecule has 0 radical (unpaired) electrons. The van der Waals surface area contributed by atoms with Gasteiger partial charge in [-0.1, -0.05) is 0 Å². The van der Waals surface area contributed by atoms with Gasteiger partial charge in [0.2, 0.25) is 0 Å². The van der Waals surface area contributed by atoms with Crippen LogP contribution >= 0.6 is 0 Å². The van der Waals surface area contributed by atoms with Gasteiger partial charge in [-0.2, -0.15) is 0 Å². The molecule has 11 heavy (non-hydrogen) atoms. The summed E-state index contributed by atoms with van der Waals surface area (Å²) in [6.07, 6.45) is 0.948. The van der Waals surface area contributed by atoms with E-state index in [0.29, 0.717) is 5.82 Å².